The number of alkyl halides is 3. The molecule has 8 heteroatoms. The zero-order chi connectivity index (χ0) is 25.0. The third-order valence-corrected chi connectivity index (χ3v) is 8.21. The van der Waals surface area contributed by atoms with Gasteiger partial charge in [0, 0.05) is 12.5 Å². The molecule has 1 aliphatic rings. The number of aryl methyl sites for hydroxylation is 2. The highest BCUT2D eigenvalue weighted by atomic mass is 32.2. The second kappa shape index (κ2) is 8.34. The fraction of sp³-hybridized carbons (Fsp3) is 0.308. The van der Waals surface area contributed by atoms with Gasteiger partial charge in [-0.3, -0.25) is 4.31 Å². The van der Waals surface area contributed by atoms with E-state index in [1.807, 2.05) is 32.9 Å². The number of phenols is 1. The van der Waals surface area contributed by atoms with Crippen LogP contribution < -0.4 is 4.31 Å². The van der Waals surface area contributed by atoms with Crippen molar-refractivity contribution >= 4 is 15.7 Å². The summed E-state index contributed by atoms with van der Waals surface area (Å²) in [4.78, 5) is 0.101. The quantitative estimate of drug-likeness (QED) is 0.447. The van der Waals surface area contributed by atoms with Crippen molar-refractivity contribution < 1.29 is 26.7 Å². The summed E-state index contributed by atoms with van der Waals surface area (Å²) in [6.45, 7) is 7.78. The Bertz CT molecular complexity index is 1350. The van der Waals surface area contributed by atoms with Gasteiger partial charge < -0.3 is 5.11 Å². The van der Waals surface area contributed by atoms with Gasteiger partial charge >= 0.3 is 6.18 Å². The molecule has 4 rings (SSSR count). The minimum absolute atomic E-state index is 0.0261. The number of halogens is 3. The molecule has 0 saturated heterocycles. The van der Waals surface area contributed by atoms with Crippen molar-refractivity contribution in [1.82, 2.24) is 0 Å². The molecule has 3 aromatic rings. The minimum Gasteiger partial charge on any atom is -0.508 e. The number of hydrogen-bond donors (Lipinski definition) is 1. The molecule has 34 heavy (non-hydrogen) atoms. The largest absolute Gasteiger partial charge is 0.508 e. The minimum atomic E-state index is -4.41. The van der Waals surface area contributed by atoms with Crippen LogP contribution in [0.15, 0.2) is 59.5 Å². The number of hydrogen-bond acceptors (Lipinski definition) is 3. The van der Waals surface area contributed by atoms with Gasteiger partial charge in [-0.25, -0.2) is 8.42 Å². The summed E-state index contributed by atoms with van der Waals surface area (Å²) in [5.41, 5.74) is 3.34. The van der Waals surface area contributed by atoms with Crippen molar-refractivity contribution in [2.24, 2.45) is 5.92 Å². The van der Waals surface area contributed by atoms with Gasteiger partial charge in [0.15, 0.2) is 0 Å². The second-order valence-electron chi connectivity index (χ2n) is 9.14. The molecule has 0 aliphatic carbocycles. The molecule has 0 spiro atoms. The van der Waals surface area contributed by atoms with E-state index >= 15 is 0 Å². The van der Waals surface area contributed by atoms with Crippen molar-refractivity contribution in [3.05, 3.63) is 76.9 Å². The van der Waals surface area contributed by atoms with E-state index in [9.17, 15) is 26.7 Å². The molecule has 0 bridgehead atoms. The number of fused-ring (bicyclic) bond motifs is 1. The molecule has 0 amide bonds. The summed E-state index contributed by atoms with van der Waals surface area (Å²) in [6.07, 6.45) is -4.41. The van der Waals surface area contributed by atoms with Gasteiger partial charge in [-0.15, -0.1) is 0 Å². The van der Waals surface area contributed by atoms with Crippen molar-refractivity contribution in [3.8, 4) is 16.9 Å². The average molecular weight is 490 g/mol. The van der Waals surface area contributed by atoms with Crippen LogP contribution in [-0.2, 0) is 16.2 Å². The Morgan fingerprint density at radius 2 is 1.59 bits per heavy atom. The third-order valence-electron chi connectivity index (χ3n) is 6.45. The molecule has 1 atom stereocenters. The van der Waals surface area contributed by atoms with E-state index < -0.39 is 21.8 Å². The number of aromatic hydroxyl groups is 1. The highest BCUT2D eigenvalue weighted by Crippen LogP contribution is 2.47. The Balaban J connectivity index is 1.82. The molecule has 0 aromatic heterocycles. The Morgan fingerprint density at radius 3 is 2.15 bits per heavy atom. The number of benzene rings is 3. The van der Waals surface area contributed by atoms with Crippen molar-refractivity contribution in [3.63, 3.8) is 0 Å². The van der Waals surface area contributed by atoms with Crippen LogP contribution in [0.25, 0.3) is 11.1 Å². The lowest BCUT2D eigenvalue weighted by molar-refractivity contribution is -0.137. The maximum Gasteiger partial charge on any atom is 0.416 e. The summed E-state index contributed by atoms with van der Waals surface area (Å²) in [6, 6.07) is 12.9. The van der Waals surface area contributed by atoms with E-state index in [1.165, 1.54) is 34.6 Å². The van der Waals surface area contributed by atoms with E-state index in [0.29, 0.717) is 16.8 Å². The smallest absolute Gasteiger partial charge is 0.416 e. The number of rotatable bonds is 4. The summed E-state index contributed by atoms with van der Waals surface area (Å²) >= 11 is 0. The molecule has 3 aromatic carbocycles. The molecular formula is C26H26F3NO3S. The van der Waals surface area contributed by atoms with Crippen LogP contribution in [0, 0.1) is 19.8 Å². The number of anilines is 1. The predicted octanol–water partition coefficient (Wildman–Crippen LogP) is 6.64. The summed E-state index contributed by atoms with van der Waals surface area (Å²) in [5.74, 6) is 0.0945. The van der Waals surface area contributed by atoms with Crippen LogP contribution in [0.5, 0.6) is 5.75 Å². The fourth-order valence-electron chi connectivity index (χ4n) is 4.52. The summed E-state index contributed by atoms with van der Waals surface area (Å²) < 4.78 is 67.5. The Morgan fingerprint density at radius 1 is 0.941 bits per heavy atom. The van der Waals surface area contributed by atoms with Gasteiger partial charge in [0.25, 0.3) is 10.0 Å². The SMILES string of the molecule is Cc1cc(S(=O)(=O)N2CC(C(C)C)c3cc(-c4ccc(C(F)(F)F)cc4)cc(C)c32)ccc1O. The Kier molecular flexibility index (Phi) is 5.92. The van der Waals surface area contributed by atoms with Gasteiger partial charge in [0.1, 0.15) is 5.75 Å². The Labute approximate surface area is 197 Å². The monoisotopic (exact) mass is 489 g/mol. The third kappa shape index (κ3) is 4.15. The average Bonchev–Trinajstić information content (AvgIpc) is 3.16. The van der Waals surface area contributed by atoms with Crippen molar-refractivity contribution in [1.29, 1.82) is 0 Å². The molecule has 4 nitrogen and oxygen atoms in total. The van der Waals surface area contributed by atoms with Crippen LogP contribution in [0.4, 0.5) is 18.9 Å². The van der Waals surface area contributed by atoms with Gasteiger partial charge in [0.05, 0.1) is 16.1 Å². The molecule has 1 N–H and O–H groups in total. The molecule has 1 heterocycles. The van der Waals surface area contributed by atoms with E-state index in [0.717, 1.165) is 28.8 Å². The first-order chi connectivity index (χ1) is 15.8. The lowest BCUT2D eigenvalue weighted by Gasteiger charge is -2.22. The Hall–Kier alpha value is -3.00. The van der Waals surface area contributed by atoms with Gasteiger partial charge in [0.2, 0.25) is 0 Å². The first-order valence-electron chi connectivity index (χ1n) is 10.9. The first kappa shape index (κ1) is 24.1. The van der Waals surface area contributed by atoms with Crippen LogP contribution >= 0.6 is 0 Å². The van der Waals surface area contributed by atoms with E-state index in [4.69, 9.17) is 0 Å². The second-order valence-corrected chi connectivity index (χ2v) is 11.0. The maximum atomic E-state index is 13.6. The van der Waals surface area contributed by atoms with E-state index in [1.54, 1.807) is 6.92 Å². The standard InChI is InChI=1S/C26H26F3NO3S/c1-15(2)23-14-30(34(32,33)21-9-10-24(31)16(3)12-21)25-17(4)11-19(13-22(23)25)18-5-7-20(8-6-18)26(27,28)29/h5-13,15,23,31H,14H2,1-4H3. The number of nitrogens with zero attached hydrogens (tertiary/aromatic N) is 1. The van der Waals surface area contributed by atoms with Crippen LogP contribution in [0.1, 0.15) is 42.0 Å². The molecule has 180 valence electrons. The van der Waals surface area contributed by atoms with Gasteiger partial charge in [-0.1, -0.05) is 26.0 Å². The topological polar surface area (TPSA) is 57.6 Å². The van der Waals surface area contributed by atoms with Gasteiger partial charge in [-0.2, -0.15) is 13.2 Å². The van der Waals surface area contributed by atoms with Crippen molar-refractivity contribution in [2.45, 2.75) is 44.7 Å². The normalized spacial score (nSPS) is 16.2. The van der Waals surface area contributed by atoms with Crippen LogP contribution in [-0.4, -0.2) is 20.1 Å². The zero-order valence-corrected chi connectivity index (χ0v) is 20.1. The first-order valence-corrected chi connectivity index (χ1v) is 12.4. The van der Waals surface area contributed by atoms with E-state index in [-0.39, 0.29) is 29.0 Å². The molecule has 1 unspecified atom stereocenters. The summed E-state index contributed by atoms with van der Waals surface area (Å²) in [5, 5.41) is 9.82. The molecular weight excluding hydrogens is 463 g/mol. The summed E-state index contributed by atoms with van der Waals surface area (Å²) in [7, 11) is -3.88. The fourth-order valence-corrected chi connectivity index (χ4v) is 6.19. The van der Waals surface area contributed by atoms with Crippen LogP contribution in [0.3, 0.4) is 0 Å². The molecule has 1 aliphatic heterocycles. The van der Waals surface area contributed by atoms with Crippen LogP contribution in [0.2, 0.25) is 0 Å². The zero-order valence-electron chi connectivity index (χ0n) is 19.3. The number of phenolic OH excluding ortho intramolecular Hbond substituents is 1. The molecule has 0 radical (unpaired) electrons. The highest BCUT2D eigenvalue weighted by molar-refractivity contribution is 7.92. The van der Waals surface area contributed by atoms with Gasteiger partial charge in [-0.05, 0) is 90.0 Å². The lowest BCUT2D eigenvalue weighted by atomic mass is 9.87. The molecule has 0 saturated carbocycles. The highest BCUT2D eigenvalue weighted by Gasteiger charge is 2.39. The van der Waals surface area contributed by atoms with E-state index in [2.05, 4.69) is 0 Å². The van der Waals surface area contributed by atoms with Crippen molar-refractivity contribution in [2.75, 3.05) is 10.8 Å². The molecule has 0 fully saturated rings. The lowest BCUT2D eigenvalue weighted by Crippen LogP contribution is -2.31. The number of sulfonamides is 1. The predicted molar refractivity (Wildman–Crippen MR) is 127 cm³/mol. The maximum absolute atomic E-state index is 13.6.